The fourth-order valence-corrected chi connectivity index (χ4v) is 6.21. The Morgan fingerprint density at radius 1 is 0.286 bits per heavy atom. The summed E-state index contributed by atoms with van der Waals surface area (Å²) in [5.74, 6) is -1.32. The van der Waals surface area contributed by atoms with Gasteiger partial charge in [-0.15, -0.1) is 0 Å². The van der Waals surface area contributed by atoms with Crippen LogP contribution in [0.3, 0.4) is 0 Å². The van der Waals surface area contributed by atoms with E-state index in [1.54, 1.807) is 0 Å². The zero-order chi connectivity index (χ0) is 30.8. The van der Waals surface area contributed by atoms with Crippen LogP contribution in [0.15, 0.2) is 0 Å². The van der Waals surface area contributed by atoms with Crippen molar-refractivity contribution in [2.24, 2.45) is 0 Å². The monoisotopic (exact) mass is 610 g/mol. The molecule has 0 spiro atoms. The van der Waals surface area contributed by atoms with Crippen molar-refractivity contribution < 1.29 is 19.8 Å². The van der Waals surface area contributed by atoms with E-state index in [9.17, 15) is 9.59 Å². The molecular weight excluding hydrogens is 540 g/mol. The van der Waals surface area contributed by atoms with Gasteiger partial charge in [0.15, 0.2) is 0 Å². The zero-order valence-electron chi connectivity index (χ0n) is 27.7. The van der Waals surface area contributed by atoms with E-state index < -0.39 is 11.9 Å². The highest BCUT2D eigenvalue weighted by Gasteiger charge is 2.01. The van der Waals surface area contributed by atoms with Gasteiger partial charge < -0.3 is 10.2 Å². The number of hydrogen-bond donors (Lipinski definition) is 2. The summed E-state index contributed by atoms with van der Waals surface area (Å²) in [5.41, 5.74) is 0. The van der Waals surface area contributed by atoms with E-state index >= 15 is 0 Å². The highest BCUT2D eigenvalue weighted by molar-refractivity contribution is 7.80. The molecule has 0 aromatic rings. The molecular formula is C37H70O4S. The first kappa shape index (κ1) is 41.0. The maximum absolute atomic E-state index is 10.5. The van der Waals surface area contributed by atoms with Crippen molar-refractivity contribution in [1.29, 1.82) is 0 Å². The number of carboxylic acids is 2. The van der Waals surface area contributed by atoms with Crippen molar-refractivity contribution in [2.45, 2.75) is 218 Å². The number of thiocarbonyl (C=S) groups is 1. The molecule has 0 atom stereocenters. The first-order valence-electron chi connectivity index (χ1n) is 18.5. The summed E-state index contributed by atoms with van der Waals surface area (Å²) in [6.07, 6.45) is 41.8. The van der Waals surface area contributed by atoms with Crippen LogP contribution in [0.25, 0.3) is 0 Å². The lowest BCUT2D eigenvalue weighted by Gasteiger charge is -2.06. The van der Waals surface area contributed by atoms with Gasteiger partial charge in [0, 0.05) is 12.8 Å². The highest BCUT2D eigenvalue weighted by atomic mass is 32.1. The summed E-state index contributed by atoms with van der Waals surface area (Å²) in [4.78, 5) is 22.3. The van der Waals surface area contributed by atoms with E-state index in [0.717, 1.165) is 25.7 Å². The highest BCUT2D eigenvalue weighted by Crippen LogP contribution is 2.17. The van der Waals surface area contributed by atoms with Crippen molar-refractivity contribution in [3.8, 4) is 0 Å². The fraction of sp³-hybridized carbons (Fsp3) is 0.919. The standard InChI is InChI=1S/C37H70O4S/c38-36(39)33-29-25-21-17-13-9-5-1-3-7-11-15-19-23-27-31-35(42)32-28-24-20-16-12-8-4-2-6-10-14-18-22-26-30-34-37(40)41/h1-34H2,(H,38,39)(H,40,41). The minimum atomic E-state index is -0.659. The molecule has 0 bridgehead atoms. The summed E-state index contributed by atoms with van der Waals surface area (Å²) in [5, 5.41) is 17.3. The largest absolute Gasteiger partial charge is 0.481 e. The Bertz CT molecular complexity index is 557. The van der Waals surface area contributed by atoms with E-state index in [2.05, 4.69) is 0 Å². The molecule has 0 fully saturated rings. The van der Waals surface area contributed by atoms with Gasteiger partial charge in [0.2, 0.25) is 0 Å². The topological polar surface area (TPSA) is 74.6 Å². The molecule has 42 heavy (non-hydrogen) atoms. The molecule has 0 aromatic heterocycles. The zero-order valence-corrected chi connectivity index (χ0v) is 28.5. The molecule has 0 rings (SSSR count). The van der Waals surface area contributed by atoms with Crippen molar-refractivity contribution in [2.75, 3.05) is 0 Å². The van der Waals surface area contributed by atoms with Gasteiger partial charge in [-0.05, 0) is 43.4 Å². The Hall–Kier alpha value is -0.970. The predicted molar refractivity (Wildman–Crippen MR) is 185 cm³/mol. The molecule has 0 heterocycles. The van der Waals surface area contributed by atoms with E-state index in [0.29, 0.717) is 12.8 Å². The predicted octanol–water partition coefficient (Wildman–Crippen LogP) is 12.8. The normalized spacial score (nSPS) is 11.2. The van der Waals surface area contributed by atoms with Crippen LogP contribution >= 0.6 is 12.2 Å². The first-order chi connectivity index (χ1) is 20.5. The molecule has 0 aromatic carbocycles. The first-order valence-corrected chi connectivity index (χ1v) is 18.9. The second-order valence-electron chi connectivity index (χ2n) is 12.9. The number of carbonyl (C=O) groups is 2. The van der Waals surface area contributed by atoms with Crippen LogP contribution in [0.2, 0.25) is 0 Å². The lowest BCUT2D eigenvalue weighted by molar-refractivity contribution is -0.138. The summed E-state index contributed by atoms with van der Waals surface area (Å²) in [6, 6.07) is 0. The third kappa shape index (κ3) is 37.1. The molecule has 2 N–H and O–H groups in total. The average Bonchev–Trinajstić information content (AvgIpc) is 2.96. The molecule has 248 valence electrons. The molecule has 0 saturated heterocycles. The number of aliphatic carboxylic acids is 2. The van der Waals surface area contributed by atoms with E-state index in [1.165, 1.54) is 185 Å². The molecule has 0 aliphatic carbocycles. The Balaban J connectivity index is 3.16. The molecule has 0 aliphatic rings. The van der Waals surface area contributed by atoms with Crippen LogP contribution in [0.5, 0.6) is 0 Å². The Morgan fingerprint density at radius 2 is 0.429 bits per heavy atom. The lowest BCUT2D eigenvalue weighted by Crippen LogP contribution is -1.95. The molecule has 0 unspecified atom stereocenters. The van der Waals surface area contributed by atoms with Crippen LogP contribution in [-0.4, -0.2) is 27.0 Å². The number of carboxylic acid groups (broad SMARTS) is 2. The van der Waals surface area contributed by atoms with Crippen LogP contribution in [0.4, 0.5) is 0 Å². The molecule has 0 saturated carbocycles. The van der Waals surface area contributed by atoms with Gasteiger partial charge in [0.05, 0.1) is 0 Å². The lowest BCUT2D eigenvalue weighted by atomic mass is 10.0. The van der Waals surface area contributed by atoms with Gasteiger partial charge in [0.25, 0.3) is 0 Å². The van der Waals surface area contributed by atoms with Gasteiger partial charge in [-0.3, -0.25) is 9.59 Å². The minimum Gasteiger partial charge on any atom is -0.481 e. The number of unbranched alkanes of at least 4 members (excludes halogenated alkanes) is 28. The molecule has 0 amide bonds. The Labute approximate surface area is 266 Å². The smallest absolute Gasteiger partial charge is 0.303 e. The van der Waals surface area contributed by atoms with E-state index in [1.807, 2.05) is 0 Å². The fourth-order valence-electron chi connectivity index (χ4n) is 5.92. The SMILES string of the molecule is O=C(O)CCCCCCCCCCCCCCCCCC(=S)CCCCCCCCCCCCCCCCCC(=O)O. The van der Waals surface area contributed by atoms with Crippen molar-refractivity contribution in [3.05, 3.63) is 0 Å². The van der Waals surface area contributed by atoms with E-state index in [-0.39, 0.29) is 0 Å². The van der Waals surface area contributed by atoms with Crippen molar-refractivity contribution >= 4 is 29.0 Å². The Kier molecular flexibility index (Phi) is 33.7. The third-order valence-electron chi connectivity index (χ3n) is 8.69. The second-order valence-corrected chi connectivity index (χ2v) is 13.5. The summed E-state index contributed by atoms with van der Waals surface area (Å²) < 4.78 is 0. The Morgan fingerprint density at radius 3 is 0.595 bits per heavy atom. The summed E-state index contributed by atoms with van der Waals surface area (Å²) in [6.45, 7) is 0. The summed E-state index contributed by atoms with van der Waals surface area (Å²) >= 11 is 5.64. The maximum atomic E-state index is 10.5. The van der Waals surface area contributed by atoms with Crippen LogP contribution < -0.4 is 0 Å². The van der Waals surface area contributed by atoms with Crippen LogP contribution in [0.1, 0.15) is 218 Å². The van der Waals surface area contributed by atoms with Gasteiger partial charge in [-0.2, -0.15) is 0 Å². The van der Waals surface area contributed by atoms with Crippen molar-refractivity contribution in [3.63, 3.8) is 0 Å². The quantitative estimate of drug-likeness (QED) is 0.0545. The van der Waals surface area contributed by atoms with Crippen LogP contribution in [-0.2, 0) is 9.59 Å². The van der Waals surface area contributed by atoms with Gasteiger partial charge in [-0.25, -0.2) is 0 Å². The molecule has 5 heteroatoms. The average molecular weight is 611 g/mol. The van der Waals surface area contributed by atoms with Crippen LogP contribution in [0, 0.1) is 0 Å². The summed E-state index contributed by atoms with van der Waals surface area (Å²) in [7, 11) is 0. The third-order valence-corrected chi connectivity index (χ3v) is 9.10. The van der Waals surface area contributed by atoms with Gasteiger partial charge in [0.1, 0.15) is 0 Å². The number of rotatable bonds is 36. The van der Waals surface area contributed by atoms with Crippen molar-refractivity contribution in [1.82, 2.24) is 0 Å². The second kappa shape index (κ2) is 34.5. The maximum Gasteiger partial charge on any atom is 0.303 e. The number of hydrogen-bond acceptors (Lipinski definition) is 3. The molecule has 0 radical (unpaired) electrons. The minimum absolute atomic E-state index is 0.333. The molecule has 0 aliphatic heterocycles. The van der Waals surface area contributed by atoms with Gasteiger partial charge >= 0.3 is 11.9 Å². The molecule has 4 nitrogen and oxygen atoms in total. The van der Waals surface area contributed by atoms with Gasteiger partial charge in [-0.1, -0.05) is 179 Å². The van der Waals surface area contributed by atoms with E-state index in [4.69, 9.17) is 22.4 Å².